The number of benzene rings is 1. The molecule has 0 aromatic heterocycles. The molecule has 1 unspecified atom stereocenters. The molecule has 2 aliphatic rings. The topological polar surface area (TPSA) is 43.4 Å². The van der Waals surface area contributed by atoms with Crippen molar-refractivity contribution in [2.24, 2.45) is 0 Å². The summed E-state index contributed by atoms with van der Waals surface area (Å²) < 4.78 is 6.67. The number of Topliss-reactive ketones (excluding diaryl/α,β-unsaturated/α-hetero) is 1. The molecule has 3 nitrogen and oxygen atoms in total. The molecule has 0 bridgehead atoms. The number of halogens is 1. The van der Waals surface area contributed by atoms with E-state index in [9.17, 15) is 9.59 Å². The number of hydrogen-bond donors (Lipinski definition) is 0. The number of alkyl halides is 1. The summed E-state index contributed by atoms with van der Waals surface area (Å²) in [6.45, 7) is 1.67. The van der Waals surface area contributed by atoms with Crippen LogP contribution in [-0.4, -0.2) is 22.1 Å². The van der Waals surface area contributed by atoms with Crippen LogP contribution in [0, 0.1) is 0 Å². The van der Waals surface area contributed by atoms with Gasteiger partial charge in [-0.3, -0.25) is 9.59 Å². The van der Waals surface area contributed by atoms with Crippen molar-refractivity contribution in [2.45, 2.75) is 19.4 Å². The second kappa shape index (κ2) is 4.19. The highest BCUT2D eigenvalue weighted by atomic mass is 127. The van der Waals surface area contributed by atoms with E-state index in [4.69, 9.17) is 4.74 Å². The lowest BCUT2D eigenvalue weighted by Gasteiger charge is -2.16. The Balaban J connectivity index is 2.18. The van der Waals surface area contributed by atoms with Crippen LogP contribution in [0.2, 0.25) is 0 Å². The average molecular weight is 354 g/mol. The number of carbonyl (C=O) groups excluding carboxylic acids is 2. The van der Waals surface area contributed by atoms with Crippen LogP contribution in [0.3, 0.4) is 0 Å². The monoisotopic (exact) mass is 354 g/mol. The molecule has 0 saturated carbocycles. The van der Waals surface area contributed by atoms with Gasteiger partial charge in [0.2, 0.25) is 0 Å². The maximum absolute atomic E-state index is 12.1. The van der Waals surface area contributed by atoms with E-state index in [0.29, 0.717) is 22.4 Å². The van der Waals surface area contributed by atoms with Gasteiger partial charge in [-0.1, -0.05) is 28.7 Å². The van der Waals surface area contributed by atoms with Crippen molar-refractivity contribution in [2.75, 3.05) is 4.43 Å². The van der Waals surface area contributed by atoms with Crippen LogP contribution < -0.4 is 4.74 Å². The van der Waals surface area contributed by atoms with Crippen LogP contribution in [0.15, 0.2) is 23.8 Å². The van der Waals surface area contributed by atoms with Gasteiger partial charge in [0.15, 0.2) is 11.6 Å². The normalized spacial score (nSPS) is 21.2. The van der Waals surface area contributed by atoms with Crippen LogP contribution in [0.4, 0.5) is 0 Å². The zero-order valence-corrected chi connectivity index (χ0v) is 12.0. The lowest BCUT2D eigenvalue weighted by Crippen LogP contribution is -2.18. The number of allylic oxidation sites excluding steroid dienone is 2. The van der Waals surface area contributed by atoms with Gasteiger partial charge in [-0.15, -0.1) is 0 Å². The molecule has 1 aliphatic heterocycles. The van der Waals surface area contributed by atoms with Crippen molar-refractivity contribution >= 4 is 34.2 Å². The third-order valence-electron chi connectivity index (χ3n) is 3.34. The third-order valence-corrected chi connectivity index (χ3v) is 4.32. The zero-order valence-electron chi connectivity index (χ0n) is 9.83. The first-order chi connectivity index (χ1) is 8.61. The van der Waals surface area contributed by atoms with Gasteiger partial charge < -0.3 is 4.74 Å². The molecule has 0 spiro atoms. The zero-order chi connectivity index (χ0) is 12.9. The molecule has 0 fully saturated rings. The summed E-state index contributed by atoms with van der Waals surface area (Å²) in [5, 5.41) is 0. The van der Waals surface area contributed by atoms with E-state index in [2.05, 4.69) is 22.6 Å². The first-order valence-corrected chi connectivity index (χ1v) is 7.30. The van der Waals surface area contributed by atoms with Gasteiger partial charge in [0.1, 0.15) is 11.9 Å². The Kier molecular flexibility index (Phi) is 2.77. The van der Waals surface area contributed by atoms with E-state index < -0.39 is 0 Å². The quantitative estimate of drug-likeness (QED) is 0.576. The van der Waals surface area contributed by atoms with Crippen molar-refractivity contribution in [3.8, 4) is 5.75 Å². The van der Waals surface area contributed by atoms with Crippen LogP contribution in [0.1, 0.15) is 33.2 Å². The molecule has 1 aliphatic carbocycles. The van der Waals surface area contributed by atoms with E-state index in [1.807, 2.05) is 6.07 Å². The predicted molar refractivity (Wildman–Crippen MR) is 75.9 cm³/mol. The summed E-state index contributed by atoms with van der Waals surface area (Å²) in [4.78, 5) is 24.1. The molecular formula is C14H11IO3. The third kappa shape index (κ3) is 1.62. The largest absolute Gasteiger partial charge is 0.488 e. The molecule has 1 aromatic carbocycles. The summed E-state index contributed by atoms with van der Waals surface area (Å²) in [5.41, 5.74) is 2.46. The van der Waals surface area contributed by atoms with Crippen molar-refractivity contribution in [1.29, 1.82) is 0 Å². The van der Waals surface area contributed by atoms with Crippen molar-refractivity contribution in [1.82, 2.24) is 0 Å². The number of hydrogen-bond acceptors (Lipinski definition) is 3. The standard InChI is InChI=1S/C14H11IO3/c1-7-4-11(16)12-10(13(7)17)3-2-8-5-9(6-15)18-14(8)12/h2-4,9H,5-6H2,1H3. The Bertz CT molecular complexity index is 601. The number of carbonyl (C=O) groups is 2. The van der Waals surface area contributed by atoms with Gasteiger partial charge in [-0.25, -0.2) is 0 Å². The van der Waals surface area contributed by atoms with Gasteiger partial charge in [-0.2, -0.15) is 0 Å². The highest BCUT2D eigenvalue weighted by molar-refractivity contribution is 14.1. The molecule has 18 heavy (non-hydrogen) atoms. The minimum atomic E-state index is -0.118. The first kappa shape index (κ1) is 11.9. The molecule has 1 atom stereocenters. The predicted octanol–water partition coefficient (Wildman–Crippen LogP) is 2.75. The number of rotatable bonds is 1. The fourth-order valence-electron chi connectivity index (χ4n) is 2.44. The van der Waals surface area contributed by atoms with Gasteiger partial charge in [0.05, 0.1) is 5.56 Å². The Morgan fingerprint density at radius 1 is 1.39 bits per heavy atom. The molecule has 0 saturated heterocycles. The Morgan fingerprint density at radius 2 is 2.17 bits per heavy atom. The molecule has 4 heteroatoms. The van der Waals surface area contributed by atoms with E-state index >= 15 is 0 Å². The summed E-state index contributed by atoms with van der Waals surface area (Å²) in [6.07, 6.45) is 2.34. The van der Waals surface area contributed by atoms with Gasteiger partial charge >= 0.3 is 0 Å². The number of ether oxygens (including phenoxy) is 1. The average Bonchev–Trinajstić information content (AvgIpc) is 2.77. The molecular weight excluding hydrogens is 343 g/mol. The minimum Gasteiger partial charge on any atom is -0.488 e. The molecule has 1 aromatic rings. The maximum Gasteiger partial charge on any atom is 0.190 e. The highest BCUT2D eigenvalue weighted by Crippen LogP contribution is 2.38. The highest BCUT2D eigenvalue weighted by Gasteiger charge is 2.32. The van der Waals surface area contributed by atoms with Crippen molar-refractivity contribution in [3.05, 3.63) is 40.5 Å². The maximum atomic E-state index is 12.1. The fourth-order valence-corrected chi connectivity index (χ4v) is 2.93. The molecule has 0 amide bonds. The molecule has 92 valence electrons. The first-order valence-electron chi connectivity index (χ1n) is 5.77. The molecule has 0 N–H and O–H groups in total. The second-order valence-corrected chi connectivity index (χ2v) is 5.48. The fraction of sp³-hybridized carbons (Fsp3) is 0.286. The Morgan fingerprint density at radius 3 is 2.89 bits per heavy atom. The number of fused-ring (bicyclic) bond motifs is 3. The van der Waals surface area contributed by atoms with Crippen LogP contribution in [-0.2, 0) is 6.42 Å². The van der Waals surface area contributed by atoms with E-state index in [1.54, 1.807) is 13.0 Å². The molecule has 3 rings (SSSR count). The van der Waals surface area contributed by atoms with E-state index in [-0.39, 0.29) is 17.7 Å². The summed E-state index contributed by atoms with van der Waals surface area (Å²) in [7, 11) is 0. The van der Waals surface area contributed by atoms with Gasteiger partial charge in [0.25, 0.3) is 0 Å². The van der Waals surface area contributed by atoms with Crippen molar-refractivity contribution < 1.29 is 14.3 Å². The van der Waals surface area contributed by atoms with E-state index in [0.717, 1.165) is 16.4 Å². The summed E-state index contributed by atoms with van der Waals surface area (Å²) in [5.74, 6) is 0.429. The number of ketones is 2. The minimum absolute atomic E-state index is 0.0751. The summed E-state index contributed by atoms with van der Waals surface area (Å²) >= 11 is 2.27. The summed E-state index contributed by atoms with van der Waals surface area (Å²) in [6, 6.07) is 3.66. The lowest BCUT2D eigenvalue weighted by molar-refractivity contribution is 0.0981. The van der Waals surface area contributed by atoms with Crippen molar-refractivity contribution in [3.63, 3.8) is 0 Å². The van der Waals surface area contributed by atoms with Gasteiger partial charge in [0, 0.05) is 22.0 Å². The van der Waals surface area contributed by atoms with Crippen LogP contribution in [0.25, 0.3) is 0 Å². The lowest BCUT2D eigenvalue weighted by atomic mass is 9.88. The van der Waals surface area contributed by atoms with Crippen LogP contribution >= 0.6 is 22.6 Å². The smallest absolute Gasteiger partial charge is 0.190 e. The SMILES string of the molecule is CC1=CC(=O)c2c(ccc3c2OC(CI)C3)C1=O. The Hall–Kier alpha value is -1.17. The van der Waals surface area contributed by atoms with E-state index in [1.165, 1.54) is 6.08 Å². The second-order valence-electron chi connectivity index (χ2n) is 4.60. The molecule has 0 radical (unpaired) electrons. The molecule has 1 heterocycles. The van der Waals surface area contributed by atoms with Gasteiger partial charge in [-0.05, 0) is 24.6 Å². The van der Waals surface area contributed by atoms with Crippen LogP contribution in [0.5, 0.6) is 5.75 Å². The Labute approximate surface area is 118 Å².